The smallest absolute Gasteiger partial charge is 0.335 e. The summed E-state index contributed by atoms with van der Waals surface area (Å²) in [6.45, 7) is 0. The molecule has 0 saturated heterocycles. The molecule has 1 unspecified atom stereocenters. The van der Waals surface area contributed by atoms with Crippen LogP contribution in [0.1, 0.15) is 33.0 Å². The van der Waals surface area contributed by atoms with Crippen LogP contribution in [0.5, 0.6) is 0 Å². The van der Waals surface area contributed by atoms with E-state index in [9.17, 15) is 20.0 Å². The summed E-state index contributed by atoms with van der Waals surface area (Å²) in [5.41, 5.74) is 4.23. The van der Waals surface area contributed by atoms with Crippen molar-refractivity contribution in [3.8, 4) is 0 Å². The van der Waals surface area contributed by atoms with Crippen LogP contribution in [0.3, 0.4) is 0 Å². The summed E-state index contributed by atoms with van der Waals surface area (Å²) in [6.07, 6.45) is 3.71. The number of rotatable bonds is 5. The number of aromatic carboxylic acids is 1. The van der Waals surface area contributed by atoms with E-state index in [1.807, 2.05) is 42.6 Å². The molecule has 152 valence electrons. The molecule has 3 aromatic carbocycles. The zero-order chi connectivity index (χ0) is 21.5. The van der Waals surface area contributed by atoms with E-state index in [1.165, 1.54) is 12.1 Å². The molecule has 0 radical (unpaired) electrons. The number of benzene rings is 3. The first-order valence-corrected chi connectivity index (χ1v) is 9.68. The number of carboxylic acid groups (broad SMARTS) is 1. The van der Waals surface area contributed by atoms with Crippen molar-refractivity contribution in [3.63, 3.8) is 0 Å². The fraction of sp³-hybridized carbons (Fsp3) is 0.0417. The van der Waals surface area contributed by atoms with Crippen molar-refractivity contribution in [1.82, 2.24) is 9.97 Å². The van der Waals surface area contributed by atoms with Gasteiger partial charge in [0.25, 0.3) is 5.69 Å². The number of carbonyl (C=O) groups is 1. The van der Waals surface area contributed by atoms with Gasteiger partial charge in [-0.15, -0.1) is 0 Å². The fourth-order valence-corrected chi connectivity index (χ4v) is 4.27. The number of hydrogen-bond acceptors (Lipinski definition) is 3. The maximum absolute atomic E-state index is 12.0. The molecule has 0 aliphatic carbocycles. The van der Waals surface area contributed by atoms with Gasteiger partial charge in [0.05, 0.1) is 16.0 Å². The molecule has 0 saturated carbocycles. The fourth-order valence-electron chi connectivity index (χ4n) is 4.27. The molecule has 3 N–H and O–H groups in total. The standard InChI is InChI=1S/C24H17N3O4/c28-24(29)18-7-2-1-6-17(18)23(19-12-25-21-8-4-3-5-15(19)21)20-13-26-22-11-14(27(30)31)9-10-16(20)22/h1-13,23,25-26H,(H,28,29). The van der Waals surface area contributed by atoms with Crippen molar-refractivity contribution in [2.75, 3.05) is 0 Å². The number of fused-ring (bicyclic) bond motifs is 2. The van der Waals surface area contributed by atoms with Crippen molar-refractivity contribution in [1.29, 1.82) is 0 Å². The Labute approximate surface area is 176 Å². The van der Waals surface area contributed by atoms with Crippen LogP contribution in [0.4, 0.5) is 5.69 Å². The molecule has 2 heterocycles. The lowest BCUT2D eigenvalue weighted by molar-refractivity contribution is -0.384. The highest BCUT2D eigenvalue weighted by Gasteiger charge is 2.27. The van der Waals surface area contributed by atoms with E-state index in [4.69, 9.17) is 0 Å². The van der Waals surface area contributed by atoms with Gasteiger partial charge in [-0.1, -0.05) is 36.4 Å². The van der Waals surface area contributed by atoms with Crippen LogP contribution in [0.2, 0.25) is 0 Å². The molecule has 0 aliphatic rings. The van der Waals surface area contributed by atoms with Gasteiger partial charge >= 0.3 is 5.97 Å². The zero-order valence-electron chi connectivity index (χ0n) is 16.2. The monoisotopic (exact) mass is 411 g/mol. The number of nitro groups is 1. The number of aromatic amines is 2. The minimum Gasteiger partial charge on any atom is -0.478 e. The Morgan fingerprint density at radius 2 is 1.48 bits per heavy atom. The third-order valence-electron chi connectivity index (χ3n) is 5.65. The van der Waals surface area contributed by atoms with E-state index >= 15 is 0 Å². The van der Waals surface area contributed by atoms with E-state index in [-0.39, 0.29) is 11.3 Å². The number of nitrogens with one attached hydrogen (secondary N) is 2. The number of nitrogens with zero attached hydrogens (tertiary/aromatic N) is 1. The van der Waals surface area contributed by atoms with Gasteiger partial charge in [0, 0.05) is 46.7 Å². The third-order valence-corrected chi connectivity index (χ3v) is 5.65. The van der Waals surface area contributed by atoms with Crippen molar-refractivity contribution in [2.45, 2.75) is 5.92 Å². The SMILES string of the molecule is O=C(O)c1ccccc1C(c1c[nH]c2ccccc12)c1c[nH]c2cc([N+](=O)[O-])ccc12. The van der Waals surface area contributed by atoms with Gasteiger partial charge in [0.2, 0.25) is 0 Å². The highest BCUT2D eigenvalue weighted by molar-refractivity contribution is 5.93. The summed E-state index contributed by atoms with van der Waals surface area (Å²) in [5, 5.41) is 22.8. The first kappa shape index (κ1) is 18.6. The van der Waals surface area contributed by atoms with E-state index < -0.39 is 16.8 Å². The third kappa shape index (κ3) is 3.03. The van der Waals surface area contributed by atoms with Crippen molar-refractivity contribution in [2.24, 2.45) is 0 Å². The van der Waals surface area contributed by atoms with Crippen LogP contribution >= 0.6 is 0 Å². The average Bonchev–Trinajstić information content (AvgIpc) is 3.39. The molecule has 5 aromatic rings. The van der Waals surface area contributed by atoms with Crippen LogP contribution in [0, 0.1) is 10.1 Å². The molecule has 0 spiro atoms. The quantitative estimate of drug-likeness (QED) is 0.264. The number of non-ortho nitro benzene ring substituents is 1. The first-order valence-electron chi connectivity index (χ1n) is 9.68. The van der Waals surface area contributed by atoms with E-state index in [2.05, 4.69) is 9.97 Å². The van der Waals surface area contributed by atoms with Crippen LogP contribution in [-0.2, 0) is 0 Å². The molecule has 0 fully saturated rings. The molecular weight excluding hydrogens is 394 g/mol. The molecule has 31 heavy (non-hydrogen) atoms. The largest absolute Gasteiger partial charge is 0.478 e. The second-order valence-corrected chi connectivity index (χ2v) is 7.35. The lowest BCUT2D eigenvalue weighted by Crippen LogP contribution is -2.09. The average molecular weight is 411 g/mol. The van der Waals surface area contributed by atoms with Gasteiger partial charge in [-0.3, -0.25) is 10.1 Å². The molecular formula is C24H17N3O4. The Morgan fingerprint density at radius 1 is 0.839 bits per heavy atom. The maximum atomic E-state index is 12.0. The summed E-state index contributed by atoms with van der Waals surface area (Å²) in [7, 11) is 0. The summed E-state index contributed by atoms with van der Waals surface area (Å²) >= 11 is 0. The van der Waals surface area contributed by atoms with Crippen molar-refractivity contribution in [3.05, 3.63) is 111 Å². The number of hydrogen-bond donors (Lipinski definition) is 3. The van der Waals surface area contributed by atoms with Gasteiger partial charge in [-0.25, -0.2) is 4.79 Å². The van der Waals surface area contributed by atoms with Gasteiger partial charge in [-0.2, -0.15) is 0 Å². The summed E-state index contributed by atoms with van der Waals surface area (Å²) in [6, 6.07) is 19.5. The van der Waals surface area contributed by atoms with Crippen molar-refractivity contribution >= 4 is 33.5 Å². The van der Waals surface area contributed by atoms with E-state index in [1.54, 1.807) is 24.4 Å². The summed E-state index contributed by atoms with van der Waals surface area (Å²) in [4.78, 5) is 29.2. The summed E-state index contributed by atoms with van der Waals surface area (Å²) in [5.74, 6) is -1.39. The summed E-state index contributed by atoms with van der Waals surface area (Å²) < 4.78 is 0. The molecule has 1 atom stereocenters. The molecule has 7 heteroatoms. The van der Waals surface area contributed by atoms with Gasteiger partial charge < -0.3 is 15.1 Å². The number of aromatic nitrogens is 2. The molecule has 5 rings (SSSR count). The van der Waals surface area contributed by atoms with Crippen LogP contribution < -0.4 is 0 Å². The van der Waals surface area contributed by atoms with Crippen LogP contribution in [0.25, 0.3) is 21.8 Å². The van der Waals surface area contributed by atoms with E-state index in [0.717, 1.165) is 27.4 Å². The Balaban J connectivity index is 1.81. The van der Waals surface area contributed by atoms with Gasteiger partial charge in [0.1, 0.15) is 0 Å². The molecule has 0 bridgehead atoms. The molecule has 2 aromatic heterocycles. The van der Waals surface area contributed by atoms with Gasteiger partial charge in [-0.05, 0) is 34.9 Å². The zero-order valence-corrected chi connectivity index (χ0v) is 16.2. The Morgan fingerprint density at radius 3 is 2.23 bits per heavy atom. The second kappa shape index (κ2) is 7.14. The Bertz CT molecular complexity index is 1460. The topological polar surface area (TPSA) is 112 Å². The first-order chi connectivity index (χ1) is 15.0. The second-order valence-electron chi connectivity index (χ2n) is 7.35. The van der Waals surface area contributed by atoms with E-state index in [0.29, 0.717) is 11.1 Å². The maximum Gasteiger partial charge on any atom is 0.335 e. The van der Waals surface area contributed by atoms with Crippen LogP contribution in [0.15, 0.2) is 79.1 Å². The number of nitro benzene ring substituents is 1. The molecule has 0 aliphatic heterocycles. The number of para-hydroxylation sites is 1. The molecule has 0 amide bonds. The predicted molar refractivity (Wildman–Crippen MR) is 118 cm³/mol. The minimum atomic E-state index is -1.00. The normalized spacial score (nSPS) is 12.3. The Kier molecular flexibility index (Phi) is 4.29. The highest BCUT2D eigenvalue weighted by Crippen LogP contribution is 2.41. The lowest BCUT2D eigenvalue weighted by atomic mass is 9.82. The lowest BCUT2D eigenvalue weighted by Gasteiger charge is -2.19. The number of carboxylic acids is 1. The van der Waals surface area contributed by atoms with Crippen LogP contribution in [-0.4, -0.2) is 26.0 Å². The predicted octanol–water partition coefficient (Wildman–Crippen LogP) is 5.44. The number of H-pyrrole nitrogens is 2. The highest BCUT2D eigenvalue weighted by atomic mass is 16.6. The van der Waals surface area contributed by atoms with Crippen molar-refractivity contribution < 1.29 is 14.8 Å². The minimum absolute atomic E-state index is 0.00418. The molecule has 7 nitrogen and oxygen atoms in total. The Hall–Kier alpha value is -4.39. The van der Waals surface area contributed by atoms with Gasteiger partial charge in [0.15, 0.2) is 0 Å².